The predicted octanol–water partition coefficient (Wildman–Crippen LogP) is 5.30. The Morgan fingerprint density at radius 1 is 1.00 bits per heavy atom. The van der Waals surface area contributed by atoms with Crippen molar-refractivity contribution in [1.29, 1.82) is 0 Å². The lowest BCUT2D eigenvalue weighted by molar-refractivity contribution is -0.135. The summed E-state index contributed by atoms with van der Waals surface area (Å²) in [4.78, 5) is 11.0. The molecule has 26 heavy (non-hydrogen) atoms. The predicted molar refractivity (Wildman–Crippen MR) is 106 cm³/mol. The third-order valence-electron chi connectivity index (χ3n) is 4.37. The number of hydrogen-bond acceptors (Lipinski definition) is 2. The highest BCUT2D eigenvalue weighted by molar-refractivity contribution is 5.68. The monoisotopic (exact) mass is 345 g/mol. The summed E-state index contributed by atoms with van der Waals surface area (Å²) in [7, 11) is 0. The van der Waals surface area contributed by atoms with Gasteiger partial charge in [-0.15, -0.1) is 0 Å². The number of carbonyl (C=O) groups is 1. The largest absolute Gasteiger partial charge is 0.435 e. The van der Waals surface area contributed by atoms with E-state index in [9.17, 15) is 4.79 Å². The summed E-state index contributed by atoms with van der Waals surface area (Å²) in [5, 5.41) is 0. The number of carbonyl (C=O) groups excluding carboxylic acids is 1. The van der Waals surface area contributed by atoms with E-state index in [2.05, 4.69) is 72.2 Å². The Kier molecular flexibility index (Phi) is 5.69. The maximum absolute atomic E-state index is 11.0. The van der Waals surface area contributed by atoms with Gasteiger partial charge in [-0.05, 0) is 41.3 Å². The van der Waals surface area contributed by atoms with Gasteiger partial charge in [0, 0.05) is 24.9 Å². The van der Waals surface area contributed by atoms with Crippen LogP contribution in [0.3, 0.4) is 0 Å². The number of aryl methyl sites for hydroxylation is 1. The third-order valence-corrected chi connectivity index (χ3v) is 4.37. The van der Waals surface area contributed by atoms with Crippen molar-refractivity contribution in [3.8, 4) is 11.1 Å². The molecule has 0 saturated carbocycles. The molecule has 1 aromatic heterocycles. The van der Waals surface area contributed by atoms with Gasteiger partial charge in [-0.1, -0.05) is 61.5 Å². The Morgan fingerprint density at radius 2 is 1.73 bits per heavy atom. The Hall–Kier alpha value is -3.07. The molecule has 0 atom stereocenters. The summed E-state index contributed by atoms with van der Waals surface area (Å²) >= 11 is 0. The van der Waals surface area contributed by atoms with Gasteiger partial charge in [0.1, 0.15) is 0 Å². The average molecular weight is 345 g/mol. The van der Waals surface area contributed by atoms with Gasteiger partial charge < -0.3 is 9.30 Å². The zero-order valence-corrected chi connectivity index (χ0v) is 15.2. The van der Waals surface area contributed by atoms with Crippen molar-refractivity contribution < 1.29 is 9.53 Å². The minimum Gasteiger partial charge on any atom is -0.435 e. The lowest BCUT2D eigenvalue weighted by Gasteiger charge is -2.15. The van der Waals surface area contributed by atoms with Crippen molar-refractivity contribution >= 4 is 12.0 Å². The summed E-state index contributed by atoms with van der Waals surface area (Å²) in [6.45, 7) is 4.31. The summed E-state index contributed by atoms with van der Waals surface area (Å²) in [5.74, 6) is -0.315. The molecule has 0 fully saturated rings. The molecule has 0 aliphatic rings. The second-order valence-electron chi connectivity index (χ2n) is 6.12. The summed E-state index contributed by atoms with van der Waals surface area (Å²) in [6, 6.07) is 23.1. The third kappa shape index (κ3) is 4.12. The van der Waals surface area contributed by atoms with Crippen LogP contribution in [0.5, 0.6) is 0 Å². The average Bonchev–Trinajstić information content (AvgIpc) is 3.04. The molecule has 0 unspecified atom stereocenters. The molecule has 0 spiro atoms. The van der Waals surface area contributed by atoms with Crippen LogP contribution in [0.15, 0.2) is 73.0 Å². The molecule has 132 valence electrons. The zero-order chi connectivity index (χ0) is 18.4. The highest BCUT2D eigenvalue weighted by atomic mass is 16.5. The molecule has 3 aromatic rings. The van der Waals surface area contributed by atoms with Crippen molar-refractivity contribution in [3.63, 3.8) is 0 Å². The highest BCUT2D eigenvalue weighted by Crippen LogP contribution is 2.25. The molecular weight excluding hydrogens is 322 g/mol. The molecule has 3 heteroatoms. The van der Waals surface area contributed by atoms with Gasteiger partial charge in [0.05, 0.1) is 6.26 Å². The van der Waals surface area contributed by atoms with Crippen LogP contribution < -0.4 is 0 Å². The first-order valence-corrected chi connectivity index (χ1v) is 8.84. The molecular formula is C23H23NO2. The van der Waals surface area contributed by atoms with E-state index in [4.69, 9.17) is 4.74 Å². The normalized spacial score (nSPS) is 11.0. The van der Waals surface area contributed by atoms with Crippen LogP contribution in [0.4, 0.5) is 0 Å². The van der Waals surface area contributed by atoms with Crippen molar-refractivity contribution in [1.82, 2.24) is 4.57 Å². The number of benzene rings is 2. The maximum atomic E-state index is 11.0. The first-order chi connectivity index (χ1) is 12.7. The molecule has 0 amide bonds. The van der Waals surface area contributed by atoms with Crippen molar-refractivity contribution in [2.24, 2.45) is 0 Å². The molecule has 0 N–H and O–H groups in total. The number of rotatable bonds is 6. The van der Waals surface area contributed by atoms with Crippen LogP contribution in [0.25, 0.3) is 17.2 Å². The smallest absolute Gasteiger partial charge is 0.307 e. The lowest BCUT2D eigenvalue weighted by atomic mass is 9.99. The number of hydrogen-bond donors (Lipinski definition) is 0. The van der Waals surface area contributed by atoms with E-state index in [-0.39, 0.29) is 5.97 Å². The van der Waals surface area contributed by atoms with Gasteiger partial charge in [-0.2, -0.15) is 0 Å². The second-order valence-corrected chi connectivity index (χ2v) is 6.12. The SMILES string of the molecule is CCc1ccc(C=COC(C)=O)n1Cc1ccccc1-c1ccccc1. The van der Waals surface area contributed by atoms with Crippen molar-refractivity contribution in [2.75, 3.05) is 0 Å². The van der Waals surface area contributed by atoms with Gasteiger partial charge in [0.2, 0.25) is 0 Å². The molecule has 0 radical (unpaired) electrons. The molecule has 0 saturated heterocycles. The van der Waals surface area contributed by atoms with E-state index in [1.165, 1.54) is 35.6 Å². The second kappa shape index (κ2) is 8.34. The maximum Gasteiger partial charge on any atom is 0.307 e. The quantitative estimate of drug-likeness (QED) is 0.448. The van der Waals surface area contributed by atoms with Gasteiger partial charge in [0.25, 0.3) is 0 Å². The molecule has 0 aliphatic heterocycles. The molecule has 3 rings (SSSR count). The van der Waals surface area contributed by atoms with Gasteiger partial charge in [-0.3, -0.25) is 4.79 Å². The highest BCUT2D eigenvalue weighted by Gasteiger charge is 2.10. The van der Waals surface area contributed by atoms with E-state index < -0.39 is 0 Å². The van der Waals surface area contributed by atoms with Crippen molar-refractivity contribution in [2.45, 2.75) is 26.8 Å². The molecule has 0 aliphatic carbocycles. The Morgan fingerprint density at radius 3 is 2.46 bits per heavy atom. The molecule has 3 nitrogen and oxygen atoms in total. The van der Waals surface area contributed by atoms with Crippen molar-refractivity contribution in [3.05, 3.63) is 89.9 Å². The van der Waals surface area contributed by atoms with Gasteiger partial charge in [-0.25, -0.2) is 0 Å². The summed E-state index contributed by atoms with van der Waals surface area (Å²) < 4.78 is 7.22. The Bertz CT molecular complexity index is 907. The van der Waals surface area contributed by atoms with Gasteiger partial charge >= 0.3 is 5.97 Å². The fourth-order valence-corrected chi connectivity index (χ4v) is 3.10. The fraction of sp³-hybridized carbons (Fsp3) is 0.174. The minimum absolute atomic E-state index is 0.315. The Balaban J connectivity index is 1.96. The number of aromatic nitrogens is 1. The van der Waals surface area contributed by atoms with Crippen LogP contribution in [-0.2, 0) is 22.5 Å². The van der Waals surface area contributed by atoms with Crippen LogP contribution in [0, 0.1) is 0 Å². The number of ether oxygens (including phenoxy) is 1. The first-order valence-electron chi connectivity index (χ1n) is 8.84. The first kappa shape index (κ1) is 17.7. The van der Waals surface area contributed by atoms with E-state index in [1.54, 1.807) is 0 Å². The Labute approximate surface area is 154 Å². The lowest BCUT2D eigenvalue weighted by Crippen LogP contribution is -2.07. The topological polar surface area (TPSA) is 31.2 Å². The van der Waals surface area contributed by atoms with E-state index in [0.717, 1.165) is 18.7 Å². The van der Waals surface area contributed by atoms with Crippen LogP contribution in [0.1, 0.15) is 30.8 Å². The molecule has 1 heterocycles. The van der Waals surface area contributed by atoms with Crippen LogP contribution in [0.2, 0.25) is 0 Å². The summed E-state index contributed by atoms with van der Waals surface area (Å²) in [5.41, 5.74) is 5.97. The van der Waals surface area contributed by atoms with Crippen LogP contribution in [-0.4, -0.2) is 10.5 Å². The fourth-order valence-electron chi connectivity index (χ4n) is 3.10. The van der Waals surface area contributed by atoms with Gasteiger partial charge in [0.15, 0.2) is 0 Å². The van der Waals surface area contributed by atoms with E-state index >= 15 is 0 Å². The molecule has 0 bridgehead atoms. The number of nitrogens with zero attached hydrogens (tertiary/aromatic N) is 1. The number of esters is 1. The van der Waals surface area contributed by atoms with Crippen LogP contribution >= 0.6 is 0 Å². The molecule has 2 aromatic carbocycles. The van der Waals surface area contributed by atoms with E-state index in [1.807, 2.05) is 12.1 Å². The zero-order valence-electron chi connectivity index (χ0n) is 15.2. The van der Waals surface area contributed by atoms with E-state index in [0.29, 0.717) is 0 Å². The minimum atomic E-state index is -0.315. The standard InChI is InChI=1S/C23H23NO2/c1-3-21-13-14-22(15-16-26-18(2)25)24(21)17-20-11-7-8-12-23(20)19-9-5-4-6-10-19/h4-16H,3,17H2,1-2H3. The summed E-state index contributed by atoms with van der Waals surface area (Å²) in [6.07, 6.45) is 4.23.